The van der Waals surface area contributed by atoms with Crippen LogP contribution < -0.4 is 5.32 Å². The van der Waals surface area contributed by atoms with Crippen molar-refractivity contribution >= 4 is 11.3 Å². The van der Waals surface area contributed by atoms with Gasteiger partial charge < -0.3 is 5.32 Å². The molecule has 2 aromatic heterocycles. The van der Waals surface area contributed by atoms with Crippen molar-refractivity contribution < 1.29 is 0 Å². The van der Waals surface area contributed by atoms with Crippen LogP contribution in [0.2, 0.25) is 0 Å². The van der Waals surface area contributed by atoms with Gasteiger partial charge in [0.25, 0.3) is 0 Å². The molecule has 2 rings (SSSR count). The average Bonchev–Trinajstić information content (AvgIpc) is 2.96. The van der Waals surface area contributed by atoms with Crippen LogP contribution in [0.15, 0.2) is 17.9 Å². The Balaban J connectivity index is 1.65. The van der Waals surface area contributed by atoms with Crippen molar-refractivity contribution in [1.82, 2.24) is 25.5 Å². The summed E-state index contributed by atoms with van der Waals surface area (Å²) in [6.07, 6.45) is 5.36. The summed E-state index contributed by atoms with van der Waals surface area (Å²) in [5.74, 6) is 0.948. The number of hydrogen-bond donors (Lipinski definition) is 2. The zero-order valence-corrected chi connectivity index (χ0v) is 10.00. The van der Waals surface area contributed by atoms with Crippen molar-refractivity contribution in [1.29, 1.82) is 0 Å². The molecule has 2 heterocycles. The fourth-order valence-electron chi connectivity index (χ4n) is 1.46. The third-order valence-corrected chi connectivity index (χ3v) is 3.29. The van der Waals surface area contributed by atoms with E-state index >= 15 is 0 Å². The lowest BCUT2D eigenvalue weighted by Crippen LogP contribution is -2.20. The summed E-state index contributed by atoms with van der Waals surface area (Å²) in [7, 11) is 0. The Morgan fingerprint density at radius 1 is 1.50 bits per heavy atom. The van der Waals surface area contributed by atoms with E-state index < -0.39 is 0 Å². The molecular formula is C10H15N5S. The number of aryl methyl sites for hydroxylation is 1. The van der Waals surface area contributed by atoms with Gasteiger partial charge >= 0.3 is 0 Å². The van der Waals surface area contributed by atoms with Crippen LogP contribution in [0.1, 0.15) is 30.2 Å². The Labute approximate surface area is 98.3 Å². The van der Waals surface area contributed by atoms with Gasteiger partial charge in [-0.15, -0.1) is 11.3 Å². The first-order valence-corrected chi connectivity index (χ1v) is 6.21. The van der Waals surface area contributed by atoms with Gasteiger partial charge in [-0.25, -0.2) is 9.97 Å². The fourth-order valence-corrected chi connectivity index (χ4v) is 2.13. The zero-order valence-electron chi connectivity index (χ0n) is 9.18. The Morgan fingerprint density at radius 2 is 2.44 bits per heavy atom. The summed E-state index contributed by atoms with van der Waals surface area (Å²) in [4.78, 5) is 8.35. The standard InChI is InChI=1S/C10H15N5S/c1-8(10-12-5-6-16-10)11-4-2-3-9-13-7-14-15-9/h5-8,11H,2-4H2,1H3,(H,13,14,15). The topological polar surface area (TPSA) is 66.5 Å². The number of H-pyrrole nitrogens is 1. The highest BCUT2D eigenvalue weighted by Gasteiger charge is 2.06. The van der Waals surface area contributed by atoms with Crippen LogP contribution in [-0.2, 0) is 6.42 Å². The summed E-state index contributed by atoms with van der Waals surface area (Å²) in [6.45, 7) is 3.09. The van der Waals surface area contributed by atoms with Crippen molar-refractivity contribution in [3.05, 3.63) is 28.7 Å². The molecule has 86 valence electrons. The van der Waals surface area contributed by atoms with Crippen molar-refractivity contribution in [2.45, 2.75) is 25.8 Å². The highest BCUT2D eigenvalue weighted by atomic mass is 32.1. The van der Waals surface area contributed by atoms with Crippen LogP contribution >= 0.6 is 11.3 Å². The Morgan fingerprint density at radius 3 is 3.12 bits per heavy atom. The molecule has 0 radical (unpaired) electrons. The number of rotatable bonds is 6. The predicted molar refractivity (Wildman–Crippen MR) is 63.2 cm³/mol. The largest absolute Gasteiger partial charge is 0.308 e. The van der Waals surface area contributed by atoms with Crippen molar-refractivity contribution in [2.24, 2.45) is 0 Å². The lowest BCUT2D eigenvalue weighted by Gasteiger charge is -2.09. The summed E-state index contributed by atoms with van der Waals surface area (Å²) < 4.78 is 0. The first-order chi connectivity index (χ1) is 7.86. The van der Waals surface area contributed by atoms with Gasteiger partial charge in [-0.05, 0) is 19.9 Å². The normalized spacial score (nSPS) is 12.8. The number of nitrogens with zero attached hydrogens (tertiary/aromatic N) is 3. The van der Waals surface area contributed by atoms with E-state index in [2.05, 4.69) is 32.4 Å². The van der Waals surface area contributed by atoms with E-state index in [1.807, 2.05) is 11.6 Å². The van der Waals surface area contributed by atoms with Crippen LogP contribution in [0.4, 0.5) is 0 Å². The molecule has 0 amide bonds. The number of thiazole rings is 1. The number of aromatic amines is 1. The summed E-state index contributed by atoms with van der Waals surface area (Å²) >= 11 is 1.68. The maximum Gasteiger partial charge on any atom is 0.137 e. The number of aromatic nitrogens is 4. The molecule has 0 aromatic carbocycles. The second-order valence-corrected chi connectivity index (χ2v) is 4.51. The SMILES string of the molecule is CC(NCCCc1ncn[nH]1)c1nccs1. The van der Waals surface area contributed by atoms with E-state index in [1.54, 1.807) is 17.7 Å². The molecule has 0 saturated heterocycles. The second-order valence-electron chi connectivity index (χ2n) is 3.58. The third kappa shape index (κ3) is 3.11. The molecule has 5 nitrogen and oxygen atoms in total. The van der Waals surface area contributed by atoms with Gasteiger partial charge in [0, 0.05) is 18.0 Å². The maximum atomic E-state index is 4.27. The molecule has 0 bridgehead atoms. The Bertz CT molecular complexity index is 383. The Hall–Kier alpha value is -1.27. The van der Waals surface area contributed by atoms with Gasteiger partial charge in [0.15, 0.2) is 0 Å². The van der Waals surface area contributed by atoms with E-state index in [0.29, 0.717) is 6.04 Å². The van der Waals surface area contributed by atoms with Gasteiger partial charge in [-0.2, -0.15) is 5.10 Å². The fraction of sp³-hybridized carbons (Fsp3) is 0.500. The van der Waals surface area contributed by atoms with Gasteiger partial charge in [-0.1, -0.05) is 0 Å². The molecule has 6 heteroatoms. The Kier molecular flexibility index (Phi) is 4.01. The van der Waals surface area contributed by atoms with Crippen LogP contribution in [-0.4, -0.2) is 26.7 Å². The molecular weight excluding hydrogens is 222 g/mol. The molecule has 0 spiro atoms. The molecule has 0 fully saturated rings. The van der Waals surface area contributed by atoms with Crippen LogP contribution in [0.5, 0.6) is 0 Å². The molecule has 16 heavy (non-hydrogen) atoms. The first-order valence-electron chi connectivity index (χ1n) is 5.33. The predicted octanol–water partition coefficient (Wildman–Crippen LogP) is 1.54. The lowest BCUT2D eigenvalue weighted by atomic mass is 10.2. The maximum absolute atomic E-state index is 4.27. The van der Waals surface area contributed by atoms with Gasteiger partial charge in [-0.3, -0.25) is 5.10 Å². The molecule has 1 atom stereocenters. The monoisotopic (exact) mass is 237 g/mol. The van der Waals surface area contributed by atoms with Gasteiger partial charge in [0.2, 0.25) is 0 Å². The van der Waals surface area contributed by atoms with Crippen molar-refractivity contribution in [2.75, 3.05) is 6.54 Å². The minimum atomic E-state index is 0.328. The van der Waals surface area contributed by atoms with Crippen molar-refractivity contribution in [3.8, 4) is 0 Å². The van der Waals surface area contributed by atoms with Crippen LogP contribution in [0.25, 0.3) is 0 Å². The highest BCUT2D eigenvalue weighted by molar-refractivity contribution is 7.09. The summed E-state index contributed by atoms with van der Waals surface area (Å²) in [5, 5.41) is 13.2. The van der Waals surface area contributed by atoms with Gasteiger partial charge in [0.1, 0.15) is 17.2 Å². The van der Waals surface area contributed by atoms with E-state index in [4.69, 9.17) is 0 Å². The second kappa shape index (κ2) is 5.72. The molecule has 0 aliphatic rings. The molecule has 0 aliphatic heterocycles. The average molecular weight is 237 g/mol. The van der Waals surface area contributed by atoms with E-state index in [-0.39, 0.29) is 0 Å². The smallest absolute Gasteiger partial charge is 0.137 e. The minimum Gasteiger partial charge on any atom is -0.308 e. The summed E-state index contributed by atoms with van der Waals surface area (Å²) in [5.41, 5.74) is 0. The third-order valence-electron chi connectivity index (χ3n) is 2.33. The minimum absolute atomic E-state index is 0.328. The van der Waals surface area contributed by atoms with E-state index in [0.717, 1.165) is 30.2 Å². The summed E-state index contributed by atoms with van der Waals surface area (Å²) in [6, 6.07) is 0.328. The highest BCUT2D eigenvalue weighted by Crippen LogP contribution is 2.14. The molecule has 2 N–H and O–H groups in total. The van der Waals surface area contributed by atoms with Crippen molar-refractivity contribution in [3.63, 3.8) is 0 Å². The number of hydrogen-bond acceptors (Lipinski definition) is 5. The van der Waals surface area contributed by atoms with Crippen LogP contribution in [0, 0.1) is 0 Å². The molecule has 1 unspecified atom stereocenters. The molecule has 0 aliphatic carbocycles. The lowest BCUT2D eigenvalue weighted by molar-refractivity contribution is 0.552. The number of nitrogens with one attached hydrogen (secondary N) is 2. The molecule has 0 saturated carbocycles. The quantitative estimate of drug-likeness (QED) is 0.748. The first kappa shape index (κ1) is 11.2. The van der Waals surface area contributed by atoms with E-state index in [1.165, 1.54) is 0 Å². The van der Waals surface area contributed by atoms with Crippen LogP contribution in [0.3, 0.4) is 0 Å². The molecule has 2 aromatic rings. The van der Waals surface area contributed by atoms with Gasteiger partial charge in [0.05, 0.1) is 6.04 Å². The zero-order chi connectivity index (χ0) is 11.2. The van der Waals surface area contributed by atoms with E-state index in [9.17, 15) is 0 Å².